The molecule has 0 aliphatic carbocycles. The SMILES string of the molecule is CCCCC(CC)CNS(=O)(=O)c1ccccc1Cn1nnc2ccc(C)cc2c1=O. The maximum Gasteiger partial charge on any atom is 0.277 e. The van der Waals surface area contributed by atoms with Crippen molar-refractivity contribution >= 4 is 20.9 Å². The minimum absolute atomic E-state index is 0.0276. The van der Waals surface area contributed by atoms with E-state index in [1.165, 1.54) is 4.68 Å². The maximum atomic E-state index is 13.0. The second kappa shape index (κ2) is 10.2. The highest BCUT2D eigenvalue weighted by molar-refractivity contribution is 7.89. The molecule has 1 N–H and O–H groups in total. The van der Waals surface area contributed by atoms with E-state index in [2.05, 4.69) is 28.9 Å². The second-order valence-electron chi connectivity index (χ2n) is 7.95. The van der Waals surface area contributed by atoms with E-state index in [0.717, 1.165) is 31.2 Å². The Balaban J connectivity index is 1.87. The summed E-state index contributed by atoms with van der Waals surface area (Å²) >= 11 is 0. The van der Waals surface area contributed by atoms with Gasteiger partial charge in [0, 0.05) is 6.54 Å². The highest BCUT2D eigenvalue weighted by Crippen LogP contribution is 2.18. The Hall–Kier alpha value is -2.58. The van der Waals surface area contributed by atoms with Gasteiger partial charge in [-0.25, -0.2) is 17.8 Å². The fourth-order valence-electron chi connectivity index (χ4n) is 3.60. The monoisotopic (exact) mass is 442 g/mol. The third-order valence-electron chi connectivity index (χ3n) is 5.56. The Kier molecular flexibility index (Phi) is 7.56. The molecule has 31 heavy (non-hydrogen) atoms. The molecular formula is C23H30N4O3S. The first-order chi connectivity index (χ1) is 14.9. The summed E-state index contributed by atoms with van der Waals surface area (Å²) in [6.45, 7) is 6.55. The zero-order chi connectivity index (χ0) is 22.4. The van der Waals surface area contributed by atoms with Crippen molar-refractivity contribution in [3.63, 3.8) is 0 Å². The number of aryl methyl sites for hydroxylation is 1. The molecule has 0 aliphatic rings. The number of hydrogen-bond donors (Lipinski definition) is 1. The van der Waals surface area contributed by atoms with Crippen LogP contribution in [0.2, 0.25) is 0 Å². The predicted molar refractivity (Wildman–Crippen MR) is 123 cm³/mol. The van der Waals surface area contributed by atoms with E-state index < -0.39 is 10.0 Å². The summed E-state index contributed by atoms with van der Waals surface area (Å²) in [4.78, 5) is 13.1. The molecule has 0 bridgehead atoms. The molecule has 3 rings (SSSR count). The average molecular weight is 443 g/mol. The van der Waals surface area contributed by atoms with E-state index >= 15 is 0 Å². The number of rotatable bonds is 10. The molecule has 0 amide bonds. The van der Waals surface area contributed by atoms with E-state index in [-0.39, 0.29) is 17.0 Å². The fourth-order valence-corrected chi connectivity index (χ4v) is 4.95. The number of nitrogens with zero attached hydrogens (tertiary/aromatic N) is 3. The molecule has 0 saturated carbocycles. The van der Waals surface area contributed by atoms with Gasteiger partial charge in [-0.15, -0.1) is 5.10 Å². The molecule has 166 valence electrons. The van der Waals surface area contributed by atoms with Crippen molar-refractivity contribution in [3.8, 4) is 0 Å². The number of nitrogens with one attached hydrogen (secondary N) is 1. The van der Waals surface area contributed by atoms with Gasteiger partial charge >= 0.3 is 0 Å². The maximum absolute atomic E-state index is 13.0. The largest absolute Gasteiger partial charge is 0.277 e. The summed E-state index contributed by atoms with van der Waals surface area (Å²) in [6, 6.07) is 12.1. The van der Waals surface area contributed by atoms with E-state index in [1.54, 1.807) is 36.4 Å². The minimum atomic E-state index is -3.72. The van der Waals surface area contributed by atoms with Gasteiger partial charge in [0.2, 0.25) is 10.0 Å². The fraction of sp³-hybridized carbons (Fsp3) is 0.435. The van der Waals surface area contributed by atoms with Gasteiger partial charge in [-0.05, 0) is 43.0 Å². The number of unbranched alkanes of at least 4 members (excludes halogenated alkanes) is 1. The van der Waals surface area contributed by atoms with Gasteiger partial charge in [-0.2, -0.15) is 0 Å². The van der Waals surface area contributed by atoms with Crippen molar-refractivity contribution in [2.75, 3.05) is 6.54 Å². The summed E-state index contributed by atoms with van der Waals surface area (Å²) in [7, 11) is -3.72. The van der Waals surface area contributed by atoms with E-state index in [9.17, 15) is 13.2 Å². The standard InChI is InChI=1S/C23H30N4O3S/c1-4-6-9-18(5-2)15-24-31(29,30)22-11-8-7-10-19(22)16-27-23(28)20-14-17(3)12-13-21(20)25-26-27/h7-8,10-14,18,24H,4-6,9,15-16H2,1-3H3. The molecule has 0 fully saturated rings. The zero-order valence-electron chi connectivity index (χ0n) is 18.3. The van der Waals surface area contributed by atoms with Crippen LogP contribution in [0.5, 0.6) is 0 Å². The molecule has 0 radical (unpaired) electrons. The number of hydrogen-bond acceptors (Lipinski definition) is 5. The molecule has 1 unspecified atom stereocenters. The Morgan fingerprint density at radius 2 is 1.90 bits per heavy atom. The van der Waals surface area contributed by atoms with Crippen LogP contribution in [-0.2, 0) is 16.6 Å². The number of aromatic nitrogens is 3. The van der Waals surface area contributed by atoms with E-state index in [4.69, 9.17) is 0 Å². The normalized spacial score (nSPS) is 12.9. The van der Waals surface area contributed by atoms with Gasteiger partial charge in [-0.1, -0.05) is 68.2 Å². The van der Waals surface area contributed by atoms with Crippen LogP contribution in [0.1, 0.15) is 50.7 Å². The van der Waals surface area contributed by atoms with Gasteiger partial charge in [-0.3, -0.25) is 4.79 Å². The summed E-state index contributed by atoms with van der Waals surface area (Å²) in [5.74, 6) is 0.305. The first-order valence-electron chi connectivity index (χ1n) is 10.8. The van der Waals surface area contributed by atoms with Crippen LogP contribution < -0.4 is 10.3 Å². The number of benzene rings is 2. The van der Waals surface area contributed by atoms with Gasteiger partial charge in [0.1, 0.15) is 5.52 Å². The molecule has 0 spiro atoms. The van der Waals surface area contributed by atoms with Crippen LogP contribution in [-0.4, -0.2) is 30.0 Å². The van der Waals surface area contributed by atoms with Gasteiger partial charge in [0.05, 0.1) is 16.8 Å². The van der Waals surface area contributed by atoms with Gasteiger partial charge in [0.25, 0.3) is 5.56 Å². The Morgan fingerprint density at radius 3 is 2.65 bits per heavy atom. The molecule has 1 aromatic heterocycles. The topological polar surface area (TPSA) is 93.9 Å². The third kappa shape index (κ3) is 5.57. The quantitative estimate of drug-likeness (QED) is 0.517. The summed E-state index contributed by atoms with van der Waals surface area (Å²) < 4.78 is 30.1. The van der Waals surface area contributed by atoms with Crippen molar-refractivity contribution in [2.24, 2.45) is 5.92 Å². The second-order valence-corrected chi connectivity index (χ2v) is 9.68. The number of sulfonamides is 1. The summed E-state index contributed by atoms with van der Waals surface area (Å²) in [6.07, 6.45) is 4.09. The van der Waals surface area contributed by atoms with E-state index in [0.29, 0.717) is 28.9 Å². The van der Waals surface area contributed by atoms with Crippen molar-refractivity contribution in [1.29, 1.82) is 0 Å². The van der Waals surface area contributed by atoms with Crippen LogP contribution in [0, 0.1) is 12.8 Å². The molecule has 0 aliphatic heterocycles. The molecule has 1 atom stereocenters. The highest BCUT2D eigenvalue weighted by atomic mass is 32.2. The lowest BCUT2D eigenvalue weighted by atomic mass is 10.00. The van der Waals surface area contributed by atoms with Crippen molar-refractivity contribution < 1.29 is 8.42 Å². The third-order valence-corrected chi connectivity index (χ3v) is 7.09. The predicted octanol–water partition coefficient (Wildman–Crippen LogP) is 3.64. The summed E-state index contributed by atoms with van der Waals surface area (Å²) in [5, 5.41) is 8.60. The van der Waals surface area contributed by atoms with Crippen LogP contribution >= 0.6 is 0 Å². The molecular weight excluding hydrogens is 412 g/mol. The lowest BCUT2D eigenvalue weighted by molar-refractivity contribution is 0.443. The first-order valence-corrected chi connectivity index (χ1v) is 12.3. The van der Waals surface area contributed by atoms with Crippen LogP contribution in [0.25, 0.3) is 10.9 Å². The molecule has 2 aromatic carbocycles. The Labute approximate surface area is 183 Å². The molecule has 8 heteroatoms. The lowest BCUT2D eigenvalue weighted by Gasteiger charge is -2.17. The van der Waals surface area contributed by atoms with Crippen LogP contribution in [0.15, 0.2) is 52.2 Å². The minimum Gasteiger partial charge on any atom is -0.267 e. The highest BCUT2D eigenvalue weighted by Gasteiger charge is 2.20. The van der Waals surface area contributed by atoms with E-state index in [1.807, 2.05) is 13.0 Å². The van der Waals surface area contributed by atoms with Gasteiger partial charge in [0.15, 0.2) is 0 Å². The van der Waals surface area contributed by atoms with Gasteiger partial charge < -0.3 is 0 Å². The zero-order valence-corrected chi connectivity index (χ0v) is 19.2. The Bertz CT molecular complexity index is 1200. The molecule has 0 saturated heterocycles. The summed E-state index contributed by atoms with van der Waals surface area (Å²) in [5.41, 5.74) is 1.68. The van der Waals surface area contributed by atoms with Crippen molar-refractivity contribution in [2.45, 2.75) is 57.9 Å². The smallest absolute Gasteiger partial charge is 0.267 e. The number of fused-ring (bicyclic) bond motifs is 1. The van der Waals surface area contributed by atoms with Crippen molar-refractivity contribution in [3.05, 3.63) is 63.9 Å². The molecule has 7 nitrogen and oxygen atoms in total. The Morgan fingerprint density at radius 1 is 1.13 bits per heavy atom. The van der Waals surface area contributed by atoms with Crippen LogP contribution in [0.4, 0.5) is 0 Å². The lowest BCUT2D eigenvalue weighted by Crippen LogP contribution is -2.31. The van der Waals surface area contributed by atoms with Crippen LogP contribution in [0.3, 0.4) is 0 Å². The average Bonchev–Trinajstić information content (AvgIpc) is 2.76. The van der Waals surface area contributed by atoms with Crippen molar-refractivity contribution in [1.82, 2.24) is 19.7 Å². The molecule has 1 heterocycles. The first kappa shape index (κ1) is 23.1. The molecule has 3 aromatic rings.